The Morgan fingerprint density at radius 3 is 2.57 bits per heavy atom. The van der Waals surface area contributed by atoms with Gasteiger partial charge in [-0.05, 0) is 89.0 Å². The van der Waals surface area contributed by atoms with Gasteiger partial charge in [0.2, 0.25) is 0 Å². The summed E-state index contributed by atoms with van der Waals surface area (Å²) < 4.78 is 13.5. The second-order valence-electron chi connectivity index (χ2n) is 11.7. The normalized spacial score (nSPS) is 25.2. The van der Waals surface area contributed by atoms with Crippen LogP contribution in [0.4, 0.5) is 10.6 Å². The summed E-state index contributed by atoms with van der Waals surface area (Å²) in [5.41, 5.74) is 7.10. The van der Waals surface area contributed by atoms with Gasteiger partial charge in [-0.2, -0.15) is 10.2 Å². The molecule has 3 heterocycles. The van der Waals surface area contributed by atoms with Gasteiger partial charge in [0.1, 0.15) is 22.6 Å². The van der Waals surface area contributed by atoms with Crippen LogP contribution in [0.3, 0.4) is 0 Å². The van der Waals surface area contributed by atoms with Gasteiger partial charge in [-0.1, -0.05) is 0 Å². The molecule has 3 N–H and O–H groups in total. The van der Waals surface area contributed by atoms with Crippen molar-refractivity contribution >= 4 is 22.8 Å². The number of nitrogens with zero attached hydrogens (tertiary/aromatic N) is 4. The lowest BCUT2D eigenvalue weighted by Gasteiger charge is -2.34. The fourth-order valence-electron chi connectivity index (χ4n) is 5.87. The summed E-state index contributed by atoms with van der Waals surface area (Å²) in [5.74, 6) is 2.77. The van der Waals surface area contributed by atoms with Crippen LogP contribution in [0.25, 0.3) is 22.2 Å². The van der Waals surface area contributed by atoms with Crippen molar-refractivity contribution in [3.63, 3.8) is 0 Å². The molecule has 2 saturated carbocycles. The number of amides is 1. The van der Waals surface area contributed by atoms with Gasteiger partial charge in [0.25, 0.3) is 5.56 Å². The van der Waals surface area contributed by atoms with Crippen LogP contribution in [-0.2, 0) is 4.74 Å². The van der Waals surface area contributed by atoms with Crippen LogP contribution >= 0.6 is 0 Å². The number of nitrogens with two attached hydrogens (primary N) is 1. The molecule has 3 fully saturated rings. The predicted molar refractivity (Wildman–Crippen MR) is 139 cm³/mol. The molecule has 1 amide bonds. The van der Waals surface area contributed by atoms with Gasteiger partial charge >= 0.3 is 6.09 Å². The summed E-state index contributed by atoms with van der Waals surface area (Å²) in [7, 11) is 0. The summed E-state index contributed by atoms with van der Waals surface area (Å²) in [6.45, 7) is 6.54. The van der Waals surface area contributed by atoms with Crippen LogP contribution in [-0.4, -0.2) is 55.8 Å². The van der Waals surface area contributed by atoms with E-state index in [2.05, 4.69) is 10.2 Å². The smallest absolute Gasteiger partial charge is 0.410 e. The minimum atomic E-state index is -0.582. The van der Waals surface area contributed by atoms with Gasteiger partial charge in [0.15, 0.2) is 5.82 Å². The first-order valence-corrected chi connectivity index (χ1v) is 13.2. The average Bonchev–Trinajstić information content (AvgIpc) is 3.27. The van der Waals surface area contributed by atoms with Crippen LogP contribution in [0.2, 0.25) is 0 Å². The first-order valence-electron chi connectivity index (χ1n) is 13.2. The standard InChI is InChI=1S/C27H34N6O4/c1-27(2,3)37-26(35)32-10-4-5-18(14-32)33-23-21(24(28)29-30-25(23)34)22(31-33)15-6-8-19(9-7-15)36-20-12-16-11-17(16)13-20/h6-9,16-18,20H,4-5,10-14H2,1-3H3,(H2,28,29)(H,30,34)/t16?,17?,18-,20?/m1/s1. The van der Waals surface area contributed by atoms with Crippen LogP contribution in [0, 0.1) is 11.8 Å². The highest BCUT2D eigenvalue weighted by atomic mass is 16.6. The van der Waals surface area contributed by atoms with Crippen molar-refractivity contribution < 1.29 is 14.3 Å². The molecule has 6 rings (SSSR count). The number of hydrogen-bond donors (Lipinski definition) is 2. The van der Waals surface area contributed by atoms with E-state index in [1.54, 1.807) is 9.58 Å². The second-order valence-corrected chi connectivity index (χ2v) is 11.7. The second kappa shape index (κ2) is 8.78. The monoisotopic (exact) mass is 506 g/mol. The number of fused-ring (bicyclic) bond motifs is 2. The molecule has 2 aromatic heterocycles. The number of piperidine rings is 1. The minimum Gasteiger partial charge on any atom is -0.490 e. The molecule has 10 heteroatoms. The molecule has 1 aliphatic heterocycles. The van der Waals surface area contributed by atoms with Crippen molar-refractivity contribution in [2.45, 2.75) is 70.6 Å². The number of carbonyl (C=O) groups is 1. The molecule has 37 heavy (non-hydrogen) atoms. The van der Waals surface area contributed by atoms with E-state index in [0.717, 1.165) is 48.8 Å². The molecule has 2 aliphatic carbocycles. The summed E-state index contributed by atoms with van der Waals surface area (Å²) >= 11 is 0. The first kappa shape index (κ1) is 23.8. The van der Waals surface area contributed by atoms with Crippen molar-refractivity contribution in [3.8, 4) is 17.0 Å². The third-order valence-corrected chi connectivity index (χ3v) is 7.68. The number of ether oxygens (including phenoxy) is 2. The quantitative estimate of drug-likeness (QED) is 0.545. The van der Waals surface area contributed by atoms with E-state index in [4.69, 9.17) is 20.3 Å². The predicted octanol–water partition coefficient (Wildman–Crippen LogP) is 4.12. The van der Waals surface area contributed by atoms with Crippen molar-refractivity contribution in [1.29, 1.82) is 0 Å². The number of aromatic amines is 1. The van der Waals surface area contributed by atoms with Crippen molar-refractivity contribution in [1.82, 2.24) is 24.9 Å². The number of H-pyrrole nitrogens is 1. The molecular weight excluding hydrogens is 472 g/mol. The number of nitrogen functional groups attached to an aromatic ring is 1. The summed E-state index contributed by atoms with van der Waals surface area (Å²) in [6.07, 6.45) is 5.13. The maximum atomic E-state index is 13.0. The number of aromatic nitrogens is 4. The summed E-state index contributed by atoms with van der Waals surface area (Å²) in [5, 5.41) is 11.9. The van der Waals surface area contributed by atoms with Crippen LogP contribution < -0.4 is 16.0 Å². The Morgan fingerprint density at radius 1 is 1.14 bits per heavy atom. The Kier molecular flexibility index (Phi) is 5.65. The maximum absolute atomic E-state index is 13.0. The Labute approximate surface area is 215 Å². The lowest BCUT2D eigenvalue weighted by atomic mass is 10.1. The van der Waals surface area contributed by atoms with E-state index in [-0.39, 0.29) is 23.5 Å². The SMILES string of the molecule is CC(C)(C)OC(=O)N1CCC[C@@H](n2nc(-c3ccc(OC4CC5CC5C4)cc3)c3c(N)n[nH]c(=O)c32)C1. The molecule has 1 saturated heterocycles. The summed E-state index contributed by atoms with van der Waals surface area (Å²) in [4.78, 5) is 27.4. The Bertz CT molecular complexity index is 1380. The van der Waals surface area contributed by atoms with E-state index in [1.807, 2.05) is 45.0 Å². The lowest BCUT2D eigenvalue weighted by molar-refractivity contribution is 0.0169. The largest absolute Gasteiger partial charge is 0.490 e. The van der Waals surface area contributed by atoms with E-state index in [1.165, 1.54) is 6.42 Å². The molecule has 3 aliphatic rings. The average molecular weight is 507 g/mol. The Balaban J connectivity index is 1.30. The molecule has 10 nitrogen and oxygen atoms in total. The third kappa shape index (κ3) is 4.65. The number of likely N-dealkylation sites (tertiary alicyclic amines) is 1. The van der Waals surface area contributed by atoms with Crippen molar-refractivity contribution in [2.75, 3.05) is 18.8 Å². The van der Waals surface area contributed by atoms with E-state index >= 15 is 0 Å². The highest BCUT2D eigenvalue weighted by molar-refractivity contribution is 5.99. The molecule has 0 bridgehead atoms. The number of nitrogens with one attached hydrogen (secondary N) is 1. The molecule has 0 spiro atoms. The van der Waals surface area contributed by atoms with Gasteiger partial charge < -0.3 is 20.1 Å². The lowest BCUT2D eigenvalue weighted by Crippen LogP contribution is -2.43. The zero-order chi connectivity index (χ0) is 25.9. The molecule has 2 unspecified atom stereocenters. The minimum absolute atomic E-state index is 0.197. The van der Waals surface area contributed by atoms with Gasteiger partial charge in [-0.25, -0.2) is 9.89 Å². The maximum Gasteiger partial charge on any atom is 0.410 e. The van der Waals surface area contributed by atoms with Crippen molar-refractivity contribution in [2.24, 2.45) is 11.8 Å². The highest BCUT2D eigenvalue weighted by Gasteiger charge is 2.46. The van der Waals surface area contributed by atoms with Crippen molar-refractivity contribution in [3.05, 3.63) is 34.6 Å². The van der Waals surface area contributed by atoms with Gasteiger partial charge in [0.05, 0.1) is 17.5 Å². The van der Waals surface area contributed by atoms with Crippen LogP contribution in [0.1, 0.15) is 58.9 Å². The van der Waals surface area contributed by atoms with Crippen LogP contribution in [0.15, 0.2) is 29.1 Å². The topological polar surface area (TPSA) is 128 Å². The molecular formula is C27H34N6O4. The van der Waals surface area contributed by atoms with E-state index in [0.29, 0.717) is 35.8 Å². The third-order valence-electron chi connectivity index (χ3n) is 7.68. The van der Waals surface area contributed by atoms with Gasteiger partial charge in [0, 0.05) is 18.7 Å². The number of rotatable bonds is 4. The number of hydrogen-bond acceptors (Lipinski definition) is 7. The fraction of sp³-hybridized carbons (Fsp3) is 0.556. The molecule has 3 atom stereocenters. The Hall–Kier alpha value is -3.56. The summed E-state index contributed by atoms with van der Waals surface area (Å²) in [6, 6.07) is 7.60. The zero-order valence-electron chi connectivity index (χ0n) is 21.6. The number of carbonyl (C=O) groups excluding carboxylic acids is 1. The van der Waals surface area contributed by atoms with E-state index < -0.39 is 5.60 Å². The molecule has 3 aromatic rings. The van der Waals surface area contributed by atoms with Gasteiger partial charge in [-0.15, -0.1) is 0 Å². The molecule has 196 valence electrons. The highest BCUT2D eigenvalue weighted by Crippen LogP contribution is 2.52. The Morgan fingerprint density at radius 2 is 1.86 bits per heavy atom. The molecule has 0 radical (unpaired) electrons. The van der Waals surface area contributed by atoms with Crippen LogP contribution in [0.5, 0.6) is 5.75 Å². The number of anilines is 1. The number of benzene rings is 1. The van der Waals surface area contributed by atoms with Gasteiger partial charge in [-0.3, -0.25) is 9.48 Å². The van der Waals surface area contributed by atoms with E-state index in [9.17, 15) is 9.59 Å². The molecule has 1 aromatic carbocycles. The fourth-order valence-corrected chi connectivity index (χ4v) is 5.87. The zero-order valence-corrected chi connectivity index (χ0v) is 21.6. The first-order chi connectivity index (χ1) is 17.7.